The molecule has 0 bridgehead atoms. The topological polar surface area (TPSA) is 79.4 Å². The Balaban J connectivity index is 1.77. The number of carbonyl (C=O) groups is 1. The van der Waals surface area contributed by atoms with Gasteiger partial charge in [-0.3, -0.25) is 0 Å². The normalized spacial score (nSPS) is 17.5. The summed E-state index contributed by atoms with van der Waals surface area (Å²) in [6.45, 7) is 6.41. The number of piperidine rings is 1. The molecular weight excluding hydrogens is 306 g/mol. The largest absolute Gasteiger partial charge is 0.444 e. The quantitative estimate of drug-likeness (QED) is 0.799. The van der Waals surface area contributed by atoms with Gasteiger partial charge in [-0.15, -0.1) is 0 Å². The molecule has 0 unspecified atom stereocenters. The van der Waals surface area contributed by atoms with Crippen molar-refractivity contribution >= 4 is 17.2 Å². The second-order valence-electron chi connectivity index (χ2n) is 7.15. The van der Waals surface area contributed by atoms with E-state index in [4.69, 9.17) is 9.15 Å². The lowest BCUT2D eigenvalue weighted by atomic mass is 9.79. The minimum atomic E-state index is -0.794. The molecule has 6 heteroatoms. The third kappa shape index (κ3) is 3.07. The smallest absolute Gasteiger partial charge is 0.410 e. The van der Waals surface area contributed by atoms with Gasteiger partial charge in [-0.05, 0) is 45.7 Å². The summed E-state index contributed by atoms with van der Waals surface area (Å²) < 4.78 is 11.2. The number of para-hydroxylation sites is 2. The molecule has 0 radical (unpaired) electrons. The van der Waals surface area contributed by atoms with Gasteiger partial charge in [0, 0.05) is 13.1 Å². The van der Waals surface area contributed by atoms with E-state index in [2.05, 4.69) is 11.1 Å². The summed E-state index contributed by atoms with van der Waals surface area (Å²) in [6.07, 6.45) is 0.622. The van der Waals surface area contributed by atoms with Crippen LogP contribution in [-0.2, 0) is 10.2 Å². The number of amides is 1. The van der Waals surface area contributed by atoms with Crippen LogP contribution in [0.4, 0.5) is 4.79 Å². The molecule has 0 saturated carbocycles. The fourth-order valence-corrected chi connectivity index (χ4v) is 2.85. The summed E-state index contributed by atoms with van der Waals surface area (Å²) >= 11 is 0. The van der Waals surface area contributed by atoms with Crippen molar-refractivity contribution in [2.45, 2.75) is 44.6 Å². The van der Waals surface area contributed by atoms with Gasteiger partial charge in [0.25, 0.3) is 0 Å². The Kier molecular flexibility index (Phi) is 3.96. The van der Waals surface area contributed by atoms with Crippen LogP contribution in [-0.4, -0.2) is 34.7 Å². The summed E-state index contributed by atoms with van der Waals surface area (Å²) in [6, 6.07) is 9.84. The van der Waals surface area contributed by atoms with Crippen LogP contribution in [0.25, 0.3) is 11.1 Å². The van der Waals surface area contributed by atoms with E-state index >= 15 is 0 Å². The SMILES string of the molecule is CC(C)(C)OC(=O)N1CCC(C#N)(c2nc3ccccc3o2)CC1. The second kappa shape index (κ2) is 5.82. The number of rotatable bonds is 1. The zero-order valence-electron chi connectivity index (χ0n) is 14.2. The molecule has 0 aliphatic carbocycles. The maximum atomic E-state index is 12.2. The lowest BCUT2D eigenvalue weighted by Gasteiger charge is -2.36. The minimum Gasteiger partial charge on any atom is -0.444 e. The number of nitrogens with zero attached hydrogens (tertiary/aromatic N) is 3. The summed E-state index contributed by atoms with van der Waals surface area (Å²) in [5.74, 6) is 0.440. The van der Waals surface area contributed by atoms with Crippen molar-refractivity contribution < 1.29 is 13.9 Å². The molecule has 0 N–H and O–H groups in total. The van der Waals surface area contributed by atoms with Crippen LogP contribution in [0.15, 0.2) is 28.7 Å². The third-order valence-electron chi connectivity index (χ3n) is 4.19. The van der Waals surface area contributed by atoms with E-state index in [-0.39, 0.29) is 6.09 Å². The van der Waals surface area contributed by atoms with Crippen molar-refractivity contribution in [3.8, 4) is 6.07 Å². The van der Waals surface area contributed by atoms with Gasteiger partial charge in [0.05, 0.1) is 6.07 Å². The molecule has 1 aliphatic rings. The molecule has 3 rings (SSSR count). The number of carbonyl (C=O) groups excluding carboxylic acids is 1. The summed E-state index contributed by atoms with van der Waals surface area (Å²) in [5, 5.41) is 9.75. The molecule has 1 aromatic heterocycles. The number of nitriles is 1. The molecule has 2 heterocycles. The molecule has 2 aromatic rings. The highest BCUT2D eigenvalue weighted by atomic mass is 16.6. The third-order valence-corrected chi connectivity index (χ3v) is 4.19. The molecule has 1 aliphatic heterocycles. The average molecular weight is 327 g/mol. The fourth-order valence-electron chi connectivity index (χ4n) is 2.85. The highest BCUT2D eigenvalue weighted by molar-refractivity contribution is 5.72. The van der Waals surface area contributed by atoms with Gasteiger partial charge in [-0.25, -0.2) is 9.78 Å². The number of fused-ring (bicyclic) bond motifs is 1. The van der Waals surface area contributed by atoms with Crippen LogP contribution in [0.3, 0.4) is 0 Å². The minimum absolute atomic E-state index is 0.341. The standard InChI is InChI=1S/C18H21N3O3/c1-17(2,3)24-16(22)21-10-8-18(12-19,9-11-21)15-20-13-6-4-5-7-14(13)23-15/h4-7H,8-11H2,1-3H3. The summed E-state index contributed by atoms with van der Waals surface area (Å²) in [7, 11) is 0. The van der Waals surface area contributed by atoms with Crippen molar-refractivity contribution in [1.82, 2.24) is 9.88 Å². The maximum absolute atomic E-state index is 12.2. The first-order valence-corrected chi connectivity index (χ1v) is 8.08. The van der Waals surface area contributed by atoms with E-state index in [0.717, 1.165) is 5.52 Å². The second-order valence-corrected chi connectivity index (χ2v) is 7.15. The Morgan fingerprint density at radius 2 is 2.00 bits per heavy atom. The maximum Gasteiger partial charge on any atom is 0.410 e. The molecule has 0 atom stereocenters. The summed E-state index contributed by atoms with van der Waals surface area (Å²) in [5.41, 5.74) is 0.104. The van der Waals surface area contributed by atoms with Crippen LogP contribution >= 0.6 is 0 Å². The fraction of sp³-hybridized carbons (Fsp3) is 0.500. The van der Waals surface area contributed by atoms with Gasteiger partial charge in [0.15, 0.2) is 5.58 Å². The number of hydrogen-bond donors (Lipinski definition) is 0. The first kappa shape index (κ1) is 16.3. The van der Waals surface area contributed by atoms with E-state index in [1.807, 2.05) is 45.0 Å². The number of oxazole rings is 1. The van der Waals surface area contributed by atoms with Crippen molar-refractivity contribution in [2.24, 2.45) is 0 Å². The van der Waals surface area contributed by atoms with Crippen LogP contribution < -0.4 is 0 Å². The Bertz CT molecular complexity index is 757. The van der Waals surface area contributed by atoms with E-state index in [0.29, 0.717) is 37.4 Å². The van der Waals surface area contributed by atoms with E-state index in [9.17, 15) is 10.1 Å². The lowest BCUT2D eigenvalue weighted by molar-refractivity contribution is 0.0176. The first-order valence-electron chi connectivity index (χ1n) is 8.08. The molecule has 0 spiro atoms. The molecule has 126 valence electrons. The van der Waals surface area contributed by atoms with Gasteiger partial charge in [0.1, 0.15) is 16.5 Å². The predicted molar refractivity (Wildman–Crippen MR) is 88.3 cm³/mol. The zero-order valence-corrected chi connectivity index (χ0v) is 14.2. The molecular formula is C18H21N3O3. The first-order chi connectivity index (χ1) is 11.3. The monoisotopic (exact) mass is 327 g/mol. The molecule has 6 nitrogen and oxygen atoms in total. The van der Waals surface area contributed by atoms with E-state index in [1.54, 1.807) is 4.90 Å². The zero-order chi connectivity index (χ0) is 17.4. The van der Waals surface area contributed by atoms with Crippen LogP contribution in [0, 0.1) is 11.3 Å². The summed E-state index contributed by atoms with van der Waals surface area (Å²) in [4.78, 5) is 18.3. The number of likely N-dealkylation sites (tertiary alicyclic amines) is 1. The number of hydrogen-bond acceptors (Lipinski definition) is 5. The number of ether oxygens (including phenoxy) is 1. The van der Waals surface area contributed by atoms with Crippen molar-refractivity contribution in [2.75, 3.05) is 13.1 Å². The van der Waals surface area contributed by atoms with Crippen LogP contribution in [0.5, 0.6) is 0 Å². The van der Waals surface area contributed by atoms with E-state index < -0.39 is 11.0 Å². The van der Waals surface area contributed by atoms with Gasteiger partial charge in [-0.2, -0.15) is 5.26 Å². The number of benzene rings is 1. The van der Waals surface area contributed by atoms with Gasteiger partial charge < -0.3 is 14.1 Å². The van der Waals surface area contributed by atoms with E-state index in [1.165, 1.54) is 0 Å². The highest BCUT2D eigenvalue weighted by Gasteiger charge is 2.42. The van der Waals surface area contributed by atoms with Crippen molar-refractivity contribution in [1.29, 1.82) is 5.26 Å². The Labute approximate surface area is 141 Å². The molecule has 1 saturated heterocycles. The van der Waals surface area contributed by atoms with Crippen molar-refractivity contribution in [3.05, 3.63) is 30.2 Å². The Morgan fingerprint density at radius 3 is 2.58 bits per heavy atom. The number of aromatic nitrogens is 1. The predicted octanol–water partition coefficient (Wildman–Crippen LogP) is 3.62. The molecule has 24 heavy (non-hydrogen) atoms. The van der Waals surface area contributed by atoms with Gasteiger partial charge in [-0.1, -0.05) is 12.1 Å². The average Bonchev–Trinajstić information content (AvgIpc) is 2.98. The van der Waals surface area contributed by atoms with Crippen molar-refractivity contribution in [3.63, 3.8) is 0 Å². The molecule has 1 fully saturated rings. The molecule has 1 amide bonds. The highest BCUT2D eigenvalue weighted by Crippen LogP contribution is 2.36. The Hall–Kier alpha value is -2.55. The van der Waals surface area contributed by atoms with Crippen LogP contribution in [0.1, 0.15) is 39.5 Å². The van der Waals surface area contributed by atoms with Gasteiger partial charge >= 0.3 is 6.09 Å². The van der Waals surface area contributed by atoms with Gasteiger partial charge in [0.2, 0.25) is 5.89 Å². The lowest BCUT2D eigenvalue weighted by Crippen LogP contribution is -2.46. The Morgan fingerprint density at radius 1 is 1.33 bits per heavy atom. The van der Waals surface area contributed by atoms with Crippen LogP contribution in [0.2, 0.25) is 0 Å². The molecule has 1 aromatic carbocycles.